The van der Waals surface area contributed by atoms with Gasteiger partial charge in [0.25, 0.3) is 5.91 Å². The number of halogens is 1. The summed E-state index contributed by atoms with van der Waals surface area (Å²) in [4.78, 5) is 11.7. The van der Waals surface area contributed by atoms with Crippen LogP contribution in [0.5, 0.6) is 5.75 Å². The molecule has 0 unspecified atom stereocenters. The molecule has 2 aromatic rings. The molecule has 0 saturated carbocycles. The Morgan fingerprint density at radius 1 is 1.17 bits per heavy atom. The molecule has 0 saturated heterocycles. The molecule has 0 aliphatic heterocycles. The Kier molecular flexibility index (Phi) is 6.18. The van der Waals surface area contributed by atoms with Crippen molar-refractivity contribution in [2.75, 3.05) is 6.61 Å². The van der Waals surface area contributed by atoms with Crippen LogP contribution in [0.15, 0.2) is 53.6 Å². The van der Waals surface area contributed by atoms with Crippen LogP contribution >= 0.6 is 11.6 Å². The molecule has 23 heavy (non-hydrogen) atoms. The van der Waals surface area contributed by atoms with Crippen LogP contribution in [-0.4, -0.2) is 18.7 Å². The first-order valence-electron chi connectivity index (χ1n) is 7.35. The summed E-state index contributed by atoms with van der Waals surface area (Å²) in [7, 11) is 0. The second-order valence-electron chi connectivity index (χ2n) is 5.36. The zero-order valence-electron chi connectivity index (χ0n) is 13.1. The van der Waals surface area contributed by atoms with E-state index in [1.54, 1.807) is 18.3 Å². The predicted molar refractivity (Wildman–Crippen MR) is 93.2 cm³/mol. The maximum absolute atomic E-state index is 11.7. The van der Waals surface area contributed by atoms with Gasteiger partial charge in [-0.05, 0) is 41.3 Å². The smallest absolute Gasteiger partial charge is 0.277 e. The Bertz CT molecular complexity index is 664. The van der Waals surface area contributed by atoms with Gasteiger partial charge in [0.05, 0.1) is 6.21 Å². The van der Waals surface area contributed by atoms with E-state index in [4.69, 9.17) is 16.3 Å². The minimum Gasteiger partial charge on any atom is -0.484 e. The number of hydrogen-bond acceptors (Lipinski definition) is 3. The van der Waals surface area contributed by atoms with Crippen LogP contribution in [0, 0.1) is 0 Å². The summed E-state index contributed by atoms with van der Waals surface area (Å²) < 4.78 is 5.42. The number of nitrogens with zero attached hydrogens (tertiary/aromatic N) is 1. The highest BCUT2D eigenvalue weighted by molar-refractivity contribution is 6.30. The number of amides is 1. The monoisotopic (exact) mass is 330 g/mol. The van der Waals surface area contributed by atoms with Gasteiger partial charge in [0.2, 0.25) is 0 Å². The van der Waals surface area contributed by atoms with Gasteiger partial charge >= 0.3 is 0 Å². The van der Waals surface area contributed by atoms with Crippen LogP contribution in [0.25, 0.3) is 0 Å². The number of rotatable bonds is 6. The van der Waals surface area contributed by atoms with Crippen molar-refractivity contribution in [1.29, 1.82) is 0 Å². The van der Waals surface area contributed by atoms with Gasteiger partial charge in [-0.25, -0.2) is 5.43 Å². The highest BCUT2D eigenvalue weighted by Crippen LogP contribution is 2.18. The molecule has 0 radical (unpaired) electrons. The lowest BCUT2D eigenvalue weighted by Gasteiger charge is -2.08. The molecule has 0 aliphatic rings. The van der Waals surface area contributed by atoms with Gasteiger partial charge in [0, 0.05) is 5.02 Å². The Labute approximate surface area is 141 Å². The quantitative estimate of drug-likeness (QED) is 0.643. The molecule has 0 fully saturated rings. The van der Waals surface area contributed by atoms with Gasteiger partial charge in [0.1, 0.15) is 5.75 Å². The van der Waals surface area contributed by atoms with E-state index in [2.05, 4.69) is 24.4 Å². The van der Waals surface area contributed by atoms with Gasteiger partial charge in [-0.2, -0.15) is 5.10 Å². The normalized spacial score (nSPS) is 11.0. The van der Waals surface area contributed by atoms with Gasteiger partial charge in [-0.1, -0.05) is 49.7 Å². The number of hydrogen-bond donors (Lipinski definition) is 1. The molecule has 5 heteroatoms. The van der Waals surface area contributed by atoms with E-state index in [9.17, 15) is 4.79 Å². The van der Waals surface area contributed by atoms with Crippen LogP contribution in [-0.2, 0) is 4.79 Å². The number of nitrogens with one attached hydrogen (secondary N) is 1. The Hall–Kier alpha value is -2.33. The molecular weight excluding hydrogens is 312 g/mol. The van der Waals surface area contributed by atoms with E-state index in [-0.39, 0.29) is 12.5 Å². The molecule has 0 spiro atoms. The first-order valence-corrected chi connectivity index (χ1v) is 7.72. The van der Waals surface area contributed by atoms with Crippen LogP contribution in [0.2, 0.25) is 5.02 Å². The summed E-state index contributed by atoms with van der Waals surface area (Å²) in [5, 5.41) is 4.53. The number of hydrazone groups is 1. The van der Waals surface area contributed by atoms with E-state index >= 15 is 0 Å². The molecule has 1 N–H and O–H groups in total. The average Bonchev–Trinajstić information content (AvgIpc) is 2.55. The van der Waals surface area contributed by atoms with Crippen LogP contribution in [0.4, 0.5) is 0 Å². The predicted octanol–water partition coefficient (Wildman–Crippen LogP) is 3.99. The first-order chi connectivity index (χ1) is 11.0. The molecule has 0 aromatic heterocycles. The Morgan fingerprint density at radius 3 is 2.43 bits per heavy atom. The second kappa shape index (κ2) is 8.34. The van der Waals surface area contributed by atoms with Crippen molar-refractivity contribution >= 4 is 23.7 Å². The van der Waals surface area contributed by atoms with Gasteiger partial charge < -0.3 is 4.74 Å². The molecule has 0 aliphatic carbocycles. The Balaban J connectivity index is 1.77. The van der Waals surface area contributed by atoms with E-state index < -0.39 is 0 Å². The van der Waals surface area contributed by atoms with Gasteiger partial charge in [-0.15, -0.1) is 0 Å². The fourth-order valence-electron chi connectivity index (χ4n) is 1.86. The van der Waals surface area contributed by atoms with Crippen molar-refractivity contribution in [3.05, 3.63) is 64.7 Å². The van der Waals surface area contributed by atoms with Crippen LogP contribution in [0.1, 0.15) is 30.9 Å². The molecule has 0 bridgehead atoms. The lowest BCUT2D eigenvalue weighted by atomic mass is 10.0. The third-order valence-corrected chi connectivity index (χ3v) is 3.44. The largest absolute Gasteiger partial charge is 0.484 e. The number of benzene rings is 2. The summed E-state index contributed by atoms with van der Waals surface area (Å²) >= 11 is 5.79. The summed E-state index contributed by atoms with van der Waals surface area (Å²) in [6.45, 7) is 4.17. The fourth-order valence-corrected chi connectivity index (χ4v) is 1.98. The Morgan fingerprint density at radius 2 is 1.83 bits per heavy atom. The number of ether oxygens (including phenoxy) is 1. The minimum atomic E-state index is -0.317. The van der Waals surface area contributed by atoms with Crippen LogP contribution in [0.3, 0.4) is 0 Å². The number of carbonyl (C=O) groups excluding carboxylic acids is 1. The lowest BCUT2D eigenvalue weighted by Crippen LogP contribution is -2.24. The van der Waals surface area contributed by atoms with E-state index in [0.29, 0.717) is 16.7 Å². The minimum absolute atomic E-state index is 0.0843. The molecule has 1 amide bonds. The molecule has 2 rings (SSSR count). The molecular formula is C18H19ClN2O2. The SMILES string of the molecule is CC(C)c1ccc(OCC(=O)N/N=C\c2ccc(Cl)cc2)cc1. The summed E-state index contributed by atoms with van der Waals surface area (Å²) in [5.41, 5.74) is 4.50. The summed E-state index contributed by atoms with van der Waals surface area (Å²) in [6, 6.07) is 14.9. The molecule has 120 valence electrons. The average molecular weight is 331 g/mol. The molecule has 0 atom stereocenters. The molecule has 0 heterocycles. The number of carbonyl (C=O) groups is 1. The highest BCUT2D eigenvalue weighted by atomic mass is 35.5. The van der Waals surface area contributed by atoms with Crippen molar-refractivity contribution in [2.45, 2.75) is 19.8 Å². The topological polar surface area (TPSA) is 50.7 Å². The fraction of sp³-hybridized carbons (Fsp3) is 0.222. The lowest BCUT2D eigenvalue weighted by molar-refractivity contribution is -0.123. The third-order valence-electron chi connectivity index (χ3n) is 3.19. The summed E-state index contributed by atoms with van der Waals surface area (Å²) in [5.74, 6) is 0.809. The standard InChI is InChI=1S/C18H19ClN2O2/c1-13(2)15-5-9-17(10-6-15)23-12-18(22)21-20-11-14-3-7-16(19)8-4-14/h3-11,13H,12H2,1-2H3,(H,21,22)/b20-11-. The molecule has 4 nitrogen and oxygen atoms in total. The van der Waals surface area contributed by atoms with Crippen molar-refractivity contribution < 1.29 is 9.53 Å². The van der Waals surface area contributed by atoms with E-state index in [1.165, 1.54) is 5.56 Å². The first kappa shape index (κ1) is 17.0. The van der Waals surface area contributed by atoms with E-state index in [1.807, 2.05) is 36.4 Å². The highest BCUT2D eigenvalue weighted by Gasteiger charge is 2.03. The van der Waals surface area contributed by atoms with Crippen molar-refractivity contribution in [1.82, 2.24) is 5.43 Å². The zero-order valence-corrected chi connectivity index (χ0v) is 13.9. The van der Waals surface area contributed by atoms with Crippen LogP contribution < -0.4 is 10.2 Å². The maximum atomic E-state index is 11.7. The van der Waals surface area contributed by atoms with E-state index in [0.717, 1.165) is 5.56 Å². The van der Waals surface area contributed by atoms with Gasteiger partial charge in [-0.3, -0.25) is 4.79 Å². The maximum Gasteiger partial charge on any atom is 0.277 e. The van der Waals surface area contributed by atoms with Gasteiger partial charge in [0.15, 0.2) is 6.61 Å². The zero-order chi connectivity index (χ0) is 16.7. The third kappa shape index (κ3) is 5.75. The van der Waals surface area contributed by atoms with Crippen molar-refractivity contribution in [2.24, 2.45) is 5.10 Å². The summed E-state index contributed by atoms with van der Waals surface area (Å²) in [6.07, 6.45) is 1.55. The van der Waals surface area contributed by atoms with Crippen molar-refractivity contribution in [3.63, 3.8) is 0 Å². The second-order valence-corrected chi connectivity index (χ2v) is 5.79. The molecule has 2 aromatic carbocycles. The van der Waals surface area contributed by atoms with Crippen molar-refractivity contribution in [3.8, 4) is 5.75 Å².